The topological polar surface area (TPSA) is 47.1 Å². The van der Waals surface area contributed by atoms with Gasteiger partial charge in [0.15, 0.2) is 0 Å². The maximum Gasteiger partial charge on any atom is 0.261 e. The maximum absolute atomic E-state index is 15.4. The molecule has 2 amide bonds. The third-order valence-corrected chi connectivity index (χ3v) is 22.0. The number of anilines is 6. The van der Waals surface area contributed by atoms with Crippen LogP contribution in [0.4, 0.5) is 34.1 Å². The molecule has 0 saturated heterocycles. The molecule has 116 heavy (non-hydrogen) atoms. The van der Waals surface area contributed by atoms with Crippen molar-refractivity contribution >= 4 is 104 Å². The van der Waals surface area contributed by atoms with Crippen LogP contribution in [0.1, 0.15) is 143 Å². The van der Waals surface area contributed by atoms with Crippen molar-refractivity contribution in [2.75, 3.05) is 22.9 Å². The summed E-state index contributed by atoms with van der Waals surface area (Å²) >= 11 is 0. The Kier molecular flexibility index (Phi) is 24.1. The van der Waals surface area contributed by atoms with Crippen LogP contribution in [0.5, 0.6) is 0 Å². The van der Waals surface area contributed by atoms with Crippen molar-refractivity contribution in [1.29, 1.82) is 0 Å². The molecule has 0 saturated carbocycles. The molecule has 16 rings (SSSR count). The van der Waals surface area contributed by atoms with E-state index < -0.39 is 0 Å². The largest absolute Gasteiger partial charge is 0.311 e. The van der Waals surface area contributed by atoms with Gasteiger partial charge in [0.1, 0.15) is 0 Å². The lowest BCUT2D eigenvalue weighted by Gasteiger charge is -2.26. The molecule has 6 heteroatoms. The van der Waals surface area contributed by atoms with Gasteiger partial charge in [0.25, 0.3) is 11.8 Å². The molecule has 14 aromatic rings. The summed E-state index contributed by atoms with van der Waals surface area (Å²) in [6, 6.07) is 138. The quantitative estimate of drug-likeness (QED) is 0.0332. The molecule has 0 aromatic heterocycles. The molecule has 6 nitrogen and oxygen atoms in total. The Balaban J connectivity index is 0.657. The van der Waals surface area contributed by atoms with Gasteiger partial charge in [0.05, 0.1) is 22.5 Å². The monoisotopic (exact) mass is 1500 g/mol. The van der Waals surface area contributed by atoms with Crippen molar-refractivity contribution < 1.29 is 9.59 Å². The van der Waals surface area contributed by atoms with Gasteiger partial charge in [-0.15, -0.1) is 0 Å². The fraction of sp³-hybridized carbons (Fsp3) is 0.109. The smallest absolute Gasteiger partial charge is 0.261 e. The minimum absolute atomic E-state index is 0.104. The Morgan fingerprint density at radius 2 is 0.440 bits per heavy atom. The van der Waals surface area contributed by atoms with Crippen LogP contribution in [0, 0.1) is 0 Å². The molecule has 0 bridgehead atoms. The van der Waals surface area contributed by atoms with Gasteiger partial charge in [0, 0.05) is 47.2 Å². The van der Waals surface area contributed by atoms with E-state index in [1.165, 1.54) is 22.3 Å². The first kappa shape index (κ1) is 76.1. The van der Waals surface area contributed by atoms with Crippen LogP contribution in [0.25, 0.3) is 58.0 Å². The van der Waals surface area contributed by atoms with Crippen molar-refractivity contribution in [2.45, 2.75) is 65.2 Å². The molecule has 2 aliphatic heterocycles. The molecule has 0 spiro atoms. The van der Waals surface area contributed by atoms with Crippen molar-refractivity contribution in [3.05, 3.63) is 477 Å². The number of para-hydroxylation sites is 2. The number of carbonyl (C=O) groups is 2. The Bertz CT molecular complexity index is 5390. The molecule has 0 N–H and O–H groups in total. The molecular weight excluding hydrogens is 1410 g/mol. The van der Waals surface area contributed by atoms with E-state index in [-0.39, 0.29) is 11.8 Å². The van der Waals surface area contributed by atoms with Crippen LogP contribution < -0.4 is 9.80 Å². The number of amides is 2. The zero-order valence-corrected chi connectivity index (χ0v) is 65.9. The van der Waals surface area contributed by atoms with E-state index in [1.807, 2.05) is 9.80 Å². The van der Waals surface area contributed by atoms with Gasteiger partial charge in [-0.1, -0.05) is 392 Å². The first-order chi connectivity index (χ1) is 57.3. The van der Waals surface area contributed by atoms with Crippen LogP contribution in [-0.2, 0) is 9.59 Å². The summed E-state index contributed by atoms with van der Waals surface area (Å²) in [5.74, 6) is -0.208. The minimum Gasteiger partial charge on any atom is -0.311 e. The summed E-state index contributed by atoms with van der Waals surface area (Å²) in [6.07, 6.45) is 16.5. The lowest BCUT2D eigenvalue weighted by Crippen LogP contribution is -2.31. The number of benzene rings is 14. The lowest BCUT2D eigenvalue weighted by molar-refractivity contribution is -0.124. The second-order valence-electron chi connectivity index (χ2n) is 29.7. The summed E-state index contributed by atoms with van der Waals surface area (Å²) in [6.45, 7) is 5.47. The summed E-state index contributed by atoms with van der Waals surface area (Å²) in [5, 5.41) is 0. The number of hydrogen-bond acceptors (Lipinski definition) is 4. The molecule has 0 aliphatic carbocycles. The number of hydrogen-bond donors (Lipinski definition) is 0. The standard InChI is InChI=1S/C110H94N4O2/c1-3-5-7-33-79-111-107(93-63-55-81(56-64-93)51-53-83-59-71-97(72-60-83)113(95-47-29-15-30-48-95)99-75-67-91(68-76-99)103(89-43-25-13-26-44-89)101(85-35-17-9-18-36-85)86-37-19-10-20-38-86)105-106(109(111)115)108(112(110(105)116)80-34-8-6-4-2)94-65-57-82(58-66-94)52-54-84-61-73-98(74-62-84)114(96-49-31-16-32-50-96)100-77-69-92(70-78-100)104(90-45-27-14-28-46-90)102(87-39-21-11-22-40-87)88-41-23-12-24-42-88/h9-32,35-78H,3-8,33-34,79-80H2,1-2H3/b53-51+,54-52+. The van der Waals surface area contributed by atoms with E-state index in [9.17, 15) is 0 Å². The number of rotatable bonds is 30. The average Bonchev–Trinajstić information content (AvgIpc) is 1.55. The average molecular weight is 1500 g/mol. The highest BCUT2D eigenvalue weighted by Gasteiger charge is 2.48. The van der Waals surface area contributed by atoms with Crippen LogP contribution >= 0.6 is 0 Å². The molecule has 0 unspecified atom stereocenters. The predicted molar refractivity (Wildman–Crippen MR) is 487 cm³/mol. The summed E-state index contributed by atoms with van der Waals surface area (Å²) in [7, 11) is 0. The van der Waals surface area contributed by atoms with Crippen molar-refractivity contribution in [3.63, 3.8) is 0 Å². The van der Waals surface area contributed by atoms with Crippen molar-refractivity contribution in [1.82, 2.24) is 9.80 Å². The van der Waals surface area contributed by atoms with Gasteiger partial charge >= 0.3 is 0 Å². The van der Waals surface area contributed by atoms with Crippen molar-refractivity contribution in [3.8, 4) is 0 Å². The summed E-state index contributed by atoms with van der Waals surface area (Å²) < 4.78 is 0. The van der Waals surface area contributed by atoms with E-state index in [0.717, 1.165) is 163 Å². The molecule has 566 valence electrons. The number of carbonyl (C=O) groups excluding carboxylic acids is 2. The predicted octanol–water partition coefficient (Wildman–Crippen LogP) is 27.9. The van der Waals surface area contributed by atoms with E-state index >= 15 is 9.59 Å². The van der Waals surface area contributed by atoms with Crippen LogP contribution in [0.2, 0.25) is 0 Å². The minimum atomic E-state index is -0.104. The zero-order valence-electron chi connectivity index (χ0n) is 65.9. The second-order valence-corrected chi connectivity index (χ2v) is 29.7. The molecular formula is C110H94N4O2. The van der Waals surface area contributed by atoms with Gasteiger partial charge in [-0.25, -0.2) is 0 Å². The van der Waals surface area contributed by atoms with Gasteiger partial charge < -0.3 is 19.6 Å². The van der Waals surface area contributed by atoms with Gasteiger partial charge in [-0.3, -0.25) is 9.59 Å². The highest BCUT2D eigenvalue weighted by molar-refractivity contribution is 6.30. The maximum atomic E-state index is 15.4. The fourth-order valence-corrected chi connectivity index (χ4v) is 16.2. The third kappa shape index (κ3) is 17.0. The Morgan fingerprint density at radius 1 is 0.233 bits per heavy atom. The highest BCUT2D eigenvalue weighted by Crippen LogP contribution is 2.48. The molecule has 0 radical (unpaired) electrons. The normalized spacial score (nSPS) is 12.6. The van der Waals surface area contributed by atoms with Crippen LogP contribution in [-0.4, -0.2) is 34.7 Å². The number of fused-ring (bicyclic) bond motifs is 1. The van der Waals surface area contributed by atoms with Crippen LogP contribution in [0.15, 0.2) is 399 Å². The molecule has 14 aromatic carbocycles. The van der Waals surface area contributed by atoms with Crippen LogP contribution in [0.3, 0.4) is 0 Å². The summed E-state index contributed by atoms with van der Waals surface area (Å²) in [5.41, 5.74) is 28.4. The van der Waals surface area contributed by atoms with Gasteiger partial charge in [-0.05, 0) is 186 Å². The number of unbranched alkanes of at least 4 members (excludes halogenated alkanes) is 6. The van der Waals surface area contributed by atoms with E-state index in [1.54, 1.807) is 0 Å². The van der Waals surface area contributed by atoms with E-state index in [2.05, 4.69) is 436 Å². The molecule has 0 atom stereocenters. The van der Waals surface area contributed by atoms with Gasteiger partial charge in [0.2, 0.25) is 0 Å². The SMILES string of the molecule is CCCCCCN1C(=O)C2=C(c3ccc(/C=C/c4ccc(N(c5ccccc5)c5ccc(C(=C(c6ccccc6)c6ccccc6)c6ccccc6)cc5)cc4)cc3)N(CCCCCC)C(=O)C2=C1c1ccc(/C=C/c2ccc(N(c3ccccc3)c3ccc(C(=C(c4ccccc4)c4ccccc4)c4ccccc4)cc3)cc2)cc1. The molecule has 2 heterocycles. The summed E-state index contributed by atoms with van der Waals surface area (Å²) in [4.78, 5) is 39.2. The lowest BCUT2D eigenvalue weighted by atomic mass is 9.86. The Labute approximate surface area is 684 Å². The highest BCUT2D eigenvalue weighted by atomic mass is 16.2. The zero-order chi connectivity index (χ0) is 78.8. The molecule has 0 fully saturated rings. The Hall–Kier alpha value is -13.9. The Morgan fingerprint density at radius 3 is 0.681 bits per heavy atom. The molecule has 2 aliphatic rings. The fourth-order valence-electron chi connectivity index (χ4n) is 16.2. The van der Waals surface area contributed by atoms with E-state index in [0.29, 0.717) is 35.6 Å². The first-order valence-electron chi connectivity index (χ1n) is 41.0. The number of nitrogens with zero attached hydrogens (tertiary/aromatic N) is 4. The third-order valence-electron chi connectivity index (χ3n) is 22.0. The van der Waals surface area contributed by atoms with Crippen molar-refractivity contribution in [2.24, 2.45) is 0 Å². The second kappa shape index (κ2) is 36.7. The first-order valence-corrected chi connectivity index (χ1v) is 41.0. The van der Waals surface area contributed by atoms with E-state index in [4.69, 9.17) is 0 Å². The van der Waals surface area contributed by atoms with Gasteiger partial charge in [-0.2, -0.15) is 0 Å².